The second-order valence-corrected chi connectivity index (χ2v) is 5.63. The lowest BCUT2D eigenvalue weighted by Gasteiger charge is -2.09. The first-order valence-corrected chi connectivity index (χ1v) is 7.50. The van der Waals surface area contributed by atoms with Gasteiger partial charge in [-0.05, 0) is 47.5 Å². The average Bonchev–Trinajstić information content (AvgIpc) is 2.54. The quantitative estimate of drug-likeness (QED) is 0.778. The molecule has 0 spiro atoms. The Balaban J connectivity index is 1.76. The topological polar surface area (TPSA) is 48.1 Å². The molecule has 1 aromatic heterocycles. The summed E-state index contributed by atoms with van der Waals surface area (Å²) in [4.78, 5) is 4.31. The van der Waals surface area contributed by atoms with E-state index in [-0.39, 0.29) is 0 Å². The summed E-state index contributed by atoms with van der Waals surface area (Å²) in [6.07, 6.45) is 1.80. The van der Waals surface area contributed by atoms with Crippen LogP contribution in [0.4, 0.5) is 0 Å². The molecule has 0 aliphatic rings. The van der Waals surface area contributed by atoms with Crippen LogP contribution < -0.4 is 10.5 Å². The van der Waals surface area contributed by atoms with Crippen LogP contribution in [0, 0.1) is 0 Å². The molecule has 0 aliphatic heterocycles. The zero-order valence-corrected chi connectivity index (χ0v) is 13.0. The van der Waals surface area contributed by atoms with Crippen LogP contribution in [0.25, 0.3) is 10.9 Å². The van der Waals surface area contributed by atoms with Crippen molar-refractivity contribution in [3.63, 3.8) is 0 Å². The van der Waals surface area contributed by atoms with Crippen molar-refractivity contribution < 1.29 is 4.74 Å². The second kappa shape index (κ2) is 6.24. The van der Waals surface area contributed by atoms with Crippen LogP contribution in [0.1, 0.15) is 11.1 Å². The standard InChI is InChI=1S/C17H15BrN2O/c18-16-5-4-15(9-14(16)10-19)21-11-12-3-6-17-13(8-12)2-1-7-20-17/h1-9H,10-11,19H2. The lowest BCUT2D eigenvalue weighted by Crippen LogP contribution is -2.00. The first-order chi connectivity index (χ1) is 10.3. The van der Waals surface area contributed by atoms with Gasteiger partial charge in [-0.15, -0.1) is 0 Å². The molecule has 0 radical (unpaired) electrons. The Hall–Kier alpha value is -1.91. The molecule has 21 heavy (non-hydrogen) atoms. The van der Waals surface area contributed by atoms with E-state index in [2.05, 4.69) is 33.0 Å². The first kappa shape index (κ1) is 14.0. The molecule has 3 nitrogen and oxygen atoms in total. The summed E-state index contributed by atoms with van der Waals surface area (Å²) in [5.74, 6) is 0.824. The second-order valence-electron chi connectivity index (χ2n) is 4.78. The van der Waals surface area contributed by atoms with Gasteiger partial charge in [0.15, 0.2) is 0 Å². The number of nitrogens with zero attached hydrogens (tertiary/aromatic N) is 1. The number of aromatic nitrogens is 1. The summed E-state index contributed by atoms with van der Waals surface area (Å²) in [5.41, 5.74) is 8.85. The lowest BCUT2D eigenvalue weighted by molar-refractivity contribution is 0.306. The number of hydrogen-bond acceptors (Lipinski definition) is 3. The molecule has 0 saturated carbocycles. The average molecular weight is 343 g/mol. The van der Waals surface area contributed by atoms with Crippen molar-refractivity contribution >= 4 is 26.8 Å². The number of pyridine rings is 1. The van der Waals surface area contributed by atoms with Crippen molar-refractivity contribution in [1.82, 2.24) is 4.98 Å². The number of fused-ring (bicyclic) bond motifs is 1. The molecule has 0 fully saturated rings. The van der Waals surface area contributed by atoms with Crippen LogP contribution in [-0.2, 0) is 13.2 Å². The number of benzene rings is 2. The summed E-state index contributed by atoms with van der Waals surface area (Å²) in [5, 5.41) is 1.12. The van der Waals surface area contributed by atoms with Crippen LogP contribution in [-0.4, -0.2) is 4.98 Å². The highest BCUT2D eigenvalue weighted by molar-refractivity contribution is 9.10. The molecule has 0 aliphatic carbocycles. The number of nitrogens with two attached hydrogens (primary N) is 1. The van der Waals surface area contributed by atoms with E-state index in [1.807, 2.05) is 36.4 Å². The number of ether oxygens (including phenoxy) is 1. The van der Waals surface area contributed by atoms with Crippen LogP contribution in [0.3, 0.4) is 0 Å². The van der Waals surface area contributed by atoms with Crippen molar-refractivity contribution in [2.24, 2.45) is 5.73 Å². The van der Waals surface area contributed by atoms with Crippen molar-refractivity contribution in [3.8, 4) is 5.75 Å². The molecule has 3 aromatic rings. The maximum absolute atomic E-state index is 5.84. The highest BCUT2D eigenvalue weighted by atomic mass is 79.9. The molecule has 1 heterocycles. The predicted octanol–water partition coefficient (Wildman–Crippen LogP) is 4.04. The van der Waals surface area contributed by atoms with E-state index in [1.165, 1.54) is 0 Å². The fourth-order valence-electron chi connectivity index (χ4n) is 2.18. The summed E-state index contributed by atoms with van der Waals surface area (Å²) in [6, 6.07) is 16.0. The molecule has 0 amide bonds. The van der Waals surface area contributed by atoms with E-state index >= 15 is 0 Å². The highest BCUT2D eigenvalue weighted by Gasteiger charge is 2.02. The third-order valence-corrected chi connectivity index (χ3v) is 4.08. The van der Waals surface area contributed by atoms with Gasteiger partial charge in [-0.2, -0.15) is 0 Å². The Morgan fingerprint density at radius 2 is 2.00 bits per heavy atom. The Morgan fingerprint density at radius 3 is 2.86 bits per heavy atom. The first-order valence-electron chi connectivity index (χ1n) is 6.71. The predicted molar refractivity (Wildman–Crippen MR) is 88.1 cm³/mol. The van der Waals surface area contributed by atoms with E-state index < -0.39 is 0 Å². The van der Waals surface area contributed by atoms with E-state index in [0.29, 0.717) is 13.2 Å². The minimum Gasteiger partial charge on any atom is -0.489 e. The molecule has 0 unspecified atom stereocenters. The third kappa shape index (κ3) is 3.23. The fourth-order valence-corrected chi connectivity index (χ4v) is 2.59. The van der Waals surface area contributed by atoms with Crippen molar-refractivity contribution in [2.45, 2.75) is 13.2 Å². The van der Waals surface area contributed by atoms with Crippen LogP contribution in [0.2, 0.25) is 0 Å². The molecule has 0 saturated heterocycles. The molecule has 106 valence electrons. The summed E-state index contributed by atoms with van der Waals surface area (Å²) in [7, 11) is 0. The van der Waals surface area contributed by atoms with Crippen LogP contribution >= 0.6 is 15.9 Å². The molecule has 4 heteroatoms. The minimum atomic E-state index is 0.486. The van der Waals surface area contributed by atoms with E-state index in [9.17, 15) is 0 Å². The van der Waals surface area contributed by atoms with Gasteiger partial charge in [0.25, 0.3) is 0 Å². The third-order valence-electron chi connectivity index (χ3n) is 3.31. The Bertz CT molecular complexity index is 774. The number of halogens is 1. The van der Waals surface area contributed by atoms with Crippen LogP contribution in [0.15, 0.2) is 59.2 Å². The van der Waals surface area contributed by atoms with Gasteiger partial charge in [0.1, 0.15) is 12.4 Å². The summed E-state index contributed by atoms with van der Waals surface area (Å²) < 4.78 is 6.85. The maximum Gasteiger partial charge on any atom is 0.120 e. The monoisotopic (exact) mass is 342 g/mol. The molecular formula is C17H15BrN2O. The van der Waals surface area contributed by atoms with Crippen molar-refractivity contribution in [1.29, 1.82) is 0 Å². The van der Waals surface area contributed by atoms with Gasteiger partial charge in [-0.1, -0.05) is 28.1 Å². The van der Waals surface area contributed by atoms with Crippen LogP contribution in [0.5, 0.6) is 5.75 Å². The molecule has 0 bridgehead atoms. The molecular weight excluding hydrogens is 328 g/mol. The Labute approximate surface area is 131 Å². The van der Waals surface area contributed by atoms with Gasteiger partial charge in [-0.25, -0.2) is 0 Å². The Kier molecular flexibility index (Phi) is 4.18. The summed E-state index contributed by atoms with van der Waals surface area (Å²) in [6.45, 7) is 1.01. The summed E-state index contributed by atoms with van der Waals surface area (Å²) >= 11 is 3.47. The van der Waals surface area contributed by atoms with Gasteiger partial charge < -0.3 is 10.5 Å². The van der Waals surface area contributed by atoms with E-state index in [0.717, 1.165) is 32.3 Å². The van der Waals surface area contributed by atoms with Gasteiger partial charge in [0, 0.05) is 22.6 Å². The smallest absolute Gasteiger partial charge is 0.120 e. The van der Waals surface area contributed by atoms with Gasteiger partial charge >= 0.3 is 0 Å². The molecule has 3 rings (SSSR count). The maximum atomic E-state index is 5.84. The molecule has 2 aromatic carbocycles. The van der Waals surface area contributed by atoms with Crippen molar-refractivity contribution in [3.05, 3.63) is 70.3 Å². The number of rotatable bonds is 4. The number of hydrogen-bond donors (Lipinski definition) is 1. The largest absolute Gasteiger partial charge is 0.489 e. The van der Waals surface area contributed by atoms with Gasteiger partial charge in [0.2, 0.25) is 0 Å². The normalized spacial score (nSPS) is 10.8. The van der Waals surface area contributed by atoms with Crippen molar-refractivity contribution in [2.75, 3.05) is 0 Å². The zero-order valence-electron chi connectivity index (χ0n) is 11.4. The minimum absolute atomic E-state index is 0.486. The fraction of sp³-hybridized carbons (Fsp3) is 0.118. The van der Waals surface area contributed by atoms with E-state index in [4.69, 9.17) is 10.5 Å². The highest BCUT2D eigenvalue weighted by Crippen LogP contribution is 2.23. The molecule has 0 atom stereocenters. The van der Waals surface area contributed by atoms with Gasteiger partial charge in [0.05, 0.1) is 5.52 Å². The lowest BCUT2D eigenvalue weighted by atomic mass is 10.1. The molecule has 2 N–H and O–H groups in total. The zero-order chi connectivity index (χ0) is 14.7. The SMILES string of the molecule is NCc1cc(OCc2ccc3ncccc3c2)ccc1Br. The Morgan fingerprint density at radius 1 is 1.10 bits per heavy atom. The van der Waals surface area contributed by atoms with E-state index in [1.54, 1.807) is 6.20 Å². The van der Waals surface area contributed by atoms with Gasteiger partial charge in [-0.3, -0.25) is 4.98 Å².